The first-order valence-corrected chi connectivity index (χ1v) is 9.88. The molecule has 0 radical (unpaired) electrons. The van der Waals surface area contributed by atoms with Crippen molar-refractivity contribution in [2.24, 2.45) is 0 Å². The van der Waals surface area contributed by atoms with Gasteiger partial charge in [0.2, 0.25) is 5.91 Å². The molecule has 22 heavy (non-hydrogen) atoms. The molecule has 0 aliphatic carbocycles. The Bertz CT molecular complexity index is 370. The van der Waals surface area contributed by atoms with Crippen molar-refractivity contribution in [2.75, 3.05) is 50.9 Å². The van der Waals surface area contributed by atoms with E-state index in [0.717, 1.165) is 56.4 Å². The zero-order valence-corrected chi connectivity index (χ0v) is 14.8. The van der Waals surface area contributed by atoms with Crippen LogP contribution in [0.5, 0.6) is 0 Å². The first kappa shape index (κ1) is 16.6. The number of piperazine rings is 1. The highest BCUT2D eigenvalue weighted by molar-refractivity contribution is 7.99. The van der Waals surface area contributed by atoms with Gasteiger partial charge >= 0.3 is 0 Å². The molecule has 3 atom stereocenters. The normalized spacial score (nSPS) is 34.5. The number of likely N-dealkylation sites (tertiary alicyclic amines) is 1. The van der Waals surface area contributed by atoms with Crippen molar-refractivity contribution in [1.82, 2.24) is 20.0 Å². The molecule has 6 heteroatoms. The number of hydrogen-bond acceptors (Lipinski definition) is 5. The minimum atomic E-state index is 0.0582. The summed E-state index contributed by atoms with van der Waals surface area (Å²) in [6.07, 6.45) is 2.69. The third kappa shape index (κ3) is 3.78. The topological polar surface area (TPSA) is 38.8 Å². The average molecular weight is 327 g/mol. The van der Waals surface area contributed by atoms with E-state index in [0.29, 0.717) is 5.91 Å². The van der Waals surface area contributed by atoms with E-state index >= 15 is 0 Å². The highest BCUT2D eigenvalue weighted by Crippen LogP contribution is 2.23. The van der Waals surface area contributed by atoms with Crippen LogP contribution < -0.4 is 5.32 Å². The highest BCUT2D eigenvalue weighted by Gasteiger charge is 2.30. The largest absolute Gasteiger partial charge is 0.339 e. The molecule has 3 rings (SSSR count). The van der Waals surface area contributed by atoms with Crippen LogP contribution in [-0.4, -0.2) is 89.6 Å². The molecule has 3 fully saturated rings. The van der Waals surface area contributed by atoms with Gasteiger partial charge in [-0.2, -0.15) is 0 Å². The van der Waals surface area contributed by atoms with Gasteiger partial charge in [0.1, 0.15) is 0 Å². The van der Waals surface area contributed by atoms with Gasteiger partial charge in [-0.15, -0.1) is 11.8 Å². The number of carbonyl (C=O) groups excluding carboxylic acids is 1. The van der Waals surface area contributed by atoms with Crippen molar-refractivity contribution >= 4 is 17.7 Å². The zero-order valence-electron chi connectivity index (χ0n) is 14.0. The van der Waals surface area contributed by atoms with Gasteiger partial charge in [-0.05, 0) is 26.7 Å². The molecule has 0 aromatic carbocycles. The SMILES string of the molecule is C[C@@H]1CC[C@@H](C)N1CCN1CCN(C(=O)[C@H]2CSCN2)CC1. The number of carbonyl (C=O) groups is 1. The van der Waals surface area contributed by atoms with Gasteiger partial charge < -0.3 is 4.90 Å². The lowest BCUT2D eigenvalue weighted by molar-refractivity contribution is -0.134. The first-order valence-electron chi connectivity index (χ1n) is 8.73. The van der Waals surface area contributed by atoms with E-state index < -0.39 is 0 Å². The Morgan fingerprint density at radius 2 is 1.77 bits per heavy atom. The summed E-state index contributed by atoms with van der Waals surface area (Å²) in [7, 11) is 0. The summed E-state index contributed by atoms with van der Waals surface area (Å²) in [4.78, 5) is 19.6. The Balaban J connectivity index is 1.39. The van der Waals surface area contributed by atoms with Gasteiger partial charge in [0, 0.05) is 63.0 Å². The number of thioether (sulfide) groups is 1. The molecule has 3 saturated heterocycles. The van der Waals surface area contributed by atoms with Crippen LogP contribution in [0.15, 0.2) is 0 Å². The van der Waals surface area contributed by atoms with E-state index in [9.17, 15) is 4.79 Å². The quantitative estimate of drug-likeness (QED) is 0.822. The second-order valence-electron chi connectivity index (χ2n) is 6.95. The second-order valence-corrected chi connectivity index (χ2v) is 7.98. The Kier molecular flexibility index (Phi) is 5.65. The highest BCUT2D eigenvalue weighted by atomic mass is 32.2. The van der Waals surface area contributed by atoms with Crippen LogP contribution in [0, 0.1) is 0 Å². The number of nitrogens with one attached hydrogen (secondary N) is 1. The van der Waals surface area contributed by atoms with Crippen LogP contribution in [0.25, 0.3) is 0 Å². The van der Waals surface area contributed by atoms with Crippen molar-refractivity contribution in [2.45, 2.75) is 44.8 Å². The fourth-order valence-electron chi connectivity index (χ4n) is 3.91. The lowest BCUT2D eigenvalue weighted by Crippen LogP contribution is -2.54. The van der Waals surface area contributed by atoms with Crippen molar-refractivity contribution in [3.05, 3.63) is 0 Å². The summed E-state index contributed by atoms with van der Waals surface area (Å²) < 4.78 is 0. The predicted octanol–water partition coefficient (Wildman–Crippen LogP) is 0.666. The molecule has 3 aliphatic rings. The molecule has 1 amide bonds. The summed E-state index contributed by atoms with van der Waals surface area (Å²) >= 11 is 1.82. The maximum Gasteiger partial charge on any atom is 0.240 e. The molecule has 0 bridgehead atoms. The molecule has 0 unspecified atom stereocenters. The number of amides is 1. The fourth-order valence-corrected chi connectivity index (χ4v) is 4.85. The number of hydrogen-bond donors (Lipinski definition) is 1. The summed E-state index contributed by atoms with van der Waals surface area (Å²) in [5.41, 5.74) is 0. The zero-order chi connectivity index (χ0) is 15.5. The lowest BCUT2D eigenvalue weighted by atomic mass is 10.2. The third-order valence-corrected chi connectivity index (χ3v) is 6.45. The minimum absolute atomic E-state index is 0.0582. The molecule has 0 aromatic rings. The van der Waals surface area contributed by atoms with Crippen LogP contribution in [-0.2, 0) is 4.79 Å². The van der Waals surface area contributed by atoms with E-state index in [2.05, 4.69) is 33.9 Å². The van der Waals surface area contributed by atoms with Gasteiger partial charge in [0.15, 0.2) is 0 Å². The minimum Gasteiger partial charge on any atom is -0.339 e. The first-order chi connectivity index (χ1) is 10.6. The van der Waals surface area contributed by atoms with Gasteiger partial charge in [-0.3, -0.25) is 19.9 Å². The van der Waals surface area contributed by atoms with Crippen molar-refractivity contribution < 1.29 is 4.79 Å². The van der Waals surface area contributed by atoms with Crippen LogP contribution in [0.2, 0.25) is 0 Å². The van der Waals surface area contributed by atoms with E-state index in [4.69, 9.17) is 0 Å². The molecule has 5 nitrogen and oxygen atoms in total. The number of rotatable bonds is 4. The summed E-state index contributed by atoms with van der Waals surface area (Å²) in [5.74, 6) is 2.17. The van der Waals surface area contributed by atoms with Gasteiger partial charge in [0.25, 0.3) is 0 Å². The van der Waals surface area contributed by atoms with Crippen LogP contribution in [0.4, 0.5) is 0 Å². The number of nitrogens with zero attached hydrogens (tertiary/aromatic N) is 3. The second kappa shape index (κ2) is 7.51. The molecule has 1 N–H and O–H groups in total. The predicted molar refractivity (Wildman–Crippen MR) is 92.1 cm³/mol. The van der Waals surface area contributed by atoms with Crippen LogP contribution in [0.3, 0.4) is 0 Å². The van der Waals surface area contributed by atoms with Crippen LogP contribution in [0.1, 0.15) is 26.7 Å². The monoisotopic (exact) mass is 326 g/mol. The third-order valence-electron chi connectivity index (χ3n) is 5.51. The molecular weight excluding hydrogens is 296 g/mol. The smallest absolute Gasteiger partial charge is 0.240 e. The maximum absolute atomic E-state index is 12.4. The fraction of sp³-hybridized carbons (Fsp3) is 0.938. The molecule has 0 aromatic heterocycles. The van der Waals surface area contributed by atoms with Crippen molar-refractivity contribution in [3.63, 3.8) is 0 Å². The Hall–Kier alpha value is -0.300. The van der Waals surface area contributed by atoms with Gasteiger partial charge in [-0.1, -0.05) is 0 Å². The standard InChI is InChI=1S/C16H30N4OS/c1-13-3-4-14(2)20(13)10-7-18-5-8-19(9-6-18)16(21)15-11-22-12-17-15/h13-15,17H,3-12H2,1-2H3/t13-,14-,15-/m1/s1. The summed E-state index contributed by atoms with van der Waals surface area (Å²) in [5, 5.41) is 3.29. The van der Waals surface area contributed by atoms with E-state index in [-0.39, 0.29) is 6.04 Å². The molecule has 0 spiro atoms. The average Bonchev–Trinajstić information content (AvgIpc) is 3.17. The maximum atomic E-state index is 12.4. The Labute approximate surface area is 138 Å². The summed E-state index contributed by atoms with van der Waals surface area (Å²) in [6.45, 7) is 10.9. The Morgan fingerprint density at radius 1 is 1.09 bits per heavy atom. The van der Waals surface area contributed by atoms with Gasteiger partial charge in [0.05, 0.1) is 6.04 Å². The molecule has 3 heterocycles. The van der Waals surface area contributed by atoms with Gasteiger partial charge in [-0.25, -0.2) is 0 Å². The Morgan fingerprint density at radius 3 is 2.36 bits per heavy atom. The lowest BCUT2D eigenvalue weighted by Gasteiger charge is -2.37. The molecule has 126 valence electrons. The molecule has 0 saturated carbocycles. The van der Waals surface area contributed by atoms with Crippen molar-refractivity contribution in [1.29, 1.82) is 0 Å². The molecule has 3 aliphatic heterocycles. The van der Waals surface area contributed by atoms with E-state index in [1.54, 1.807) is 0 Å². The van der Waals surface area contributed by atoms with E-state index in [1.807, 2.05) is 11.8 Å². The van der Waals surface area contributed by atoms with Crippen molar-refractivity contribution in [3.8, 4) is 0 Å². The molecular formula is C16H30N4OS. The summed E-state index contributed by atoms with van der Waals surface area (Å²) in [6, 6.07) is 1.54. The van der Waals surface area contributed by atoms with Crippen LogP contribution >= 0.6 is 11.8 Å². The van der Waals surface area contributed by atoms with E-state index in [1.165, 1.54) is 19.4 Å².